The molecule has 10 atom stereocenters. The van der Waals surface area contributed by atoms with Crippen LogP contribution in [0, 0.1) is 0 Å². The number of hydrogen-bond donors (Lipinski definition) is 10. The van der Waals surface area contributed by atoms with Crippen molar-refractivity contribution >= 4 is 23.6 Å². The van der Waals surface area contributed by atoms with Crippen molar-refractivity contribution in [3.8, 4) is 0 Å². The Balaban J connectivity index is 1.55. The van der Waals surface area contributed by atoms with Gasteiger partial charge in [-0.15, -0.1) is 0 Å². The number of carbonyl (C=O) groups is 4. The molecule has 0 aromatic carbocycles. The number of amides is 4. The number of rotatable bonds is 19. The first-order chi connectivity index (χ1) is 21.9. The zero-order valence-corrected chi connectivity index (χ0v) is 26.2. The fourth-order valence-electron chi connectivity index (χ4n) is 4.98. The van der Waals surface area contributed by atoms with Crippen LogP contribution in [0.5, 0.6) is 0 Å². The van der Waals surface area contributed by atoms with Gasteiger partial charge in [0.05, 0.1) is 13.2 Å². The monoisotopic (exact) mass is 666 g/mol. The second kappa shape index (κ2) is 20.7. The first-order valence-electron chi connectivity index (χ1n) is 15.4. The molecule has 0 aromatic rings. The van der Waals surface area contributed by atoms with Gasteiger partial charge in [0.1, 0.15) is 48.7 Å². The van der Waals surface area contributed by atoms with Crippen molar-refractivity contribution in [1.29, 1.82) is 0 Å². The SMILES string of the molecule is CC(=O)NC1C(OCCCCC(=O)NCCNC(=O)CCCCOC2OC(CO)C(O)C(O)C2NC(C)=O)OC(CO)C(O)C1O. The molecule has 2 aliphatic heterocycles. The predicted octanol–water partition coefficient (Wildman–Crippen LogP) is -4.52. The van der Waals surface area contributed by atoms with Crippen molar-refractivity contribution in [2.75, 3.05) is 39.5 Å². The lowest BCUT2D eigenvalue weighted by Crippen LogP contribution is -2.64. The molecule has 2 fully saturated rings. The maximum absolute atomic E-state index is 12.1. The minimum atomic E-state index is -1.40. The molecular weight excluding hydrogens is 616 g/mol. The van der Waals surface area contributed by atoms with E-state index in [9.17, 15) is 49.8 Å². The van der Waals surface area contributed by atoms with Crippen LogP contribution in [-0.2, 0) is 38.1 Å². The summed E-state index contributed by atoms with van der Waals surface area (Å²) >= 11 is 0. The Morgan fingerprint density at radius 1 is 0.609 bits per heavy atom. The maximum atomic E-state index is 12.1. The molecule has 2 aliphatic rings. The van der Waals surface area contributed by atoms with Gasteiger partial charge in [0.15, 0.2) is 12.6 Å². The van der Waals surface area contributed by atoms with Crippen LogP contribution in [0.15, 0.2) is 0 Å². The van der Waals surface area contributed by atoms with Gasteiger partial charge in [-0.05, 0) is 25.7 Å². The second-order valence-corrected chi connectivity index (χ2v) is 11.2. The molecule has 10 unspecified atom stereocenters. The van der Waals surface area contributed by atoms with Gasteiger partial charge < -0.3 is 70.9 Å². The highest BCUT2D eigenvalue weighted by Gasteiger charge is 2.46. The molecule has 10 N–H and O–H groups in total. The van der Waals surface area contributed by atoms with Crippen molar-refractivity contribution < 1.29 is 68.8 Å². The molecule has 46 heavy (non-hydrogen) atoms. The van der Waals surface area contributed by atoms with E-state index in [1.165, 1.54) is 13.8 Å². The summed E-state index contributed by atoms with van der Waals surface area (Å²) in [5, 5.41) is 69.7. The molecular formula is C28H50N4O14. The van der Waals surface area contributed by atoms with Crippen LogP contribution in [0.25, 0.3) is 0 Å². The van der Waals surface area contributed by atoms with Crippen molar-refractivity contribution in [1.82, 2.24) is 21.3 Å². The summed E-state index contributed by atoms with van der Waals surface area (Å²) in [6, 6.07) is -2.07. The Hall–Kier alpha value is -2.52. The minimum absolute atomic E-state index is 0.133. The number of aliphatic hydroxyl groups excluding tert-OH is 6. The van der Waals surface area contributed by atoms with Crippen molar-refractivity contribution in [3.05, 3.63) is 0 Å². The van der Waals surface area contributed by atoms with Crippen molar-refractivity contribution in [2.24, 2.45) is 0 Å². The fraction of sp³-hybridized carbons (Fsp3) is 0.857. The van der Waals surface area contributed by atoms with E-state index in [1.807, 2.05) is 0 Å². The summed E-state index contributed by atoms with van der Waals surface area (Å²) in [6.45, 7) is 2.11. The van der Waals surface area contributed by atoms with Gasteiger partial charge in [-0.25, -0.2) is 0 Å². The number of ether oxygens (including phenoxy) is 4. The Morgan fingerprint density at radius 3 is 1.30 bits per heavy atom. The Bertz CT molecular complexity index is 887. The smallest absolute Gasteiger partial charge is 0.220 e. The highest BCUT2D eigenvalue weighted by molar-refractivity contribution is 5.77. The third-order valence-corrected chi connectivity index (χ3v) is 7.43. The molecule has 4 amide bonds. The molecule has 0 saturated carbocycles. The first kappa shape index (κ1) is 39.7. The van der Waals surface area contributed by atoms with Crippen LogP contribution in [-0.4, -0.2) is 155 Å². The van der Waals surface area contributed by atoms with Gasteiger partial charge in [0.2, 0.25) is 23.6 Å². The topological polar surface area (TPSA) is 275 Å². The summed E-state index contributed by atoms with van der Waals surface area (Å²) < 4.78 is 22.2. The fourth-order valence-corrected chi connectivity index (χ4v) is 4.98. The lowest BCUT2D eigenvalue weighted by molar-refractivity contribution is -0.270. The lowest BCUT2D eigenvalue weighted by atomic mass is 9.97. The maximum Gasteiger partial charge on any atom is 0.220 e. The van der Waals surface area contributed by atoms with Gasteiger partial charge >= 0.3 is 0 Å². The van der Waals surface area contributed by atoms with E-state index in [0.29, 0.717) is 25.7 Å². The van der Waals surface area contributed by atoms with Gasteiger partial charge in [-0.1, -0.05) is 0 Å². The molecule has 0 spiro atoms. The highest BCUT2D eigenvalue weighted by Crippen LogP contribution is 2.23. The highest BCUT2D eigenvalue weighted by atomic mass is 16.7. The molecule has 0 aliphatic carbocycles. The van der Waals surface area contributed by atoms with E-state index < -0.39 is 86.3 Å². The number of unbranched alkanes of at least 4 members (excludes halogenated alkanes) is 2. The number of nitrogens with one attached hydrogen (secondary N) is 4. The summed E-state index contributed by atoms with van der Waals surface area (Å²) in [5.41, 5.74) is 0. The molecule has 18 heteroatoms. The number of hydrogen-bond acceptors (Lipinski definition) is 14. The van der Waals surface area contributed by atoms with Crippen molar-refractivity contribution in [3.63, 3.8) is 0 Å². The van der Waals surface area contributed by atoms with Gasteiger partial charge in [0.25, 0.3) is 0 Å². The average Bonchev–Trinajstić information content (AvgIpc) is 3.01. The van der Waals surface area contributed by atoms with Crippen LogP contribution in [0.3, 0.4) is 0 Å². The summed E-state index contributed by atoms with van der Waals surface area (Å²) in [5.74, 6) is -1.36. The summed E-state index contributed by atoms with van der Waals surface area (Å²) in [4.78, 5) is 47.2. The molecule has 2 heterocycles. The Kier molecular flexibility index (Phi) is 17.8. The Labute approximate surface area is 267 Å². The van der Waals surface area contributed by atoms with Crippen LogP contribution < -0.4 is 21.3 Å². The number of carbonyl (C=O) groups excluding carboxylic acids is 4. The summed E-state index contributed by atoms with van der Waals surface area (Å²) in [7, 11) is 0. The van der Waals surface area contributed by atoms with E-state index in [0.717, 1.165) is 0 Å². The second-order valence-electron chi connectivity index (χ2n) is 11.2. The third-order valence-electron chi connectivity index (χ3n) is 7.43. The molecule has 2 saturated heterocycles. The predicted molar refractivity (Wildman–Crippen MR) is 156 cm³/mol. The zero-order valence-electron chi connectivity index (χ0n) is 26.2. The zero-order chi connectivity index (χ0) is 34.2. The Morgan fingerprint density at radius 2 is 0.978 bits per heavy atom. The van der Waals surface area contributed by atoms with Crippen LogP contribution >= 0.6 is 0 Å². The molecule has 0 aromatic heterocycles. The summed E-state index contributed by atoms with van der Waals surface area (Å²) in [6.07, 6.45) is -7.74. The lowest BCUT2D eigenvalue weighted by Gasteiger charge is -2.42. The van der Waals surface area contributed by atoms with E-state index in [2.05, 4.69) is 21.3 Å². The van der Waals surface area contributed by atoms with Crippen LogP contribution in [0.4, 0.5) is 0 Å². The third kappa shape index (κ3) is 12.9. The van der Waals surface area contributed by atoms with E-state index >= 15 is 0 Å². The molecule has 2 rings (SSSR count). The molecule has 0 radical (unpaired) electrons. The van der Waals surface area contributed by atoms with Gasteiger partial charge in [-0.3, -0.25) is 19.2 Å². The standard InChI is InChI=1S/C28H50N4O14/c1-15(35)31-21-25(41)23(39)17(13-33)45-27(21)43-11-5-3-7-19(37)29-9-10-30-20(38)8-4-6-12-44-28-22(32-16(2)36)26(42)24(40)18(14-34)46-28/h17-18,21-28,33-34,39-42H,3-14H2,1-2H3,(H,29,37)(H,30,38)(H,31,35)(H,32,36). The average molecular weight is 667 g/mol. The van der Waals surface area contributed by atoms with Crippen LogP contribution in [0.1, 0.15) is 52.4 Å². The van der Waals surface area contributed by atoms with E-state index in [1.54, 1.807) is 0 Å². The van der Waals surface area contributed by atoms with Gasteiger partial charge in [0, 0.05) is 53.0 Å². The number of aliphatic hydroxyl groups is 6. The normalized spacial score (nSPS) is 31.1. The first-order valence-corrected chi connectivity index (χ1v) is 15.4. The van der Waals surface area contributed by atoms with E-state index in [-0.39, 0.29) is 51.0 Å². The van der Waals surface area contributed by atoms with Gasteiger partial charge in [-0.2, -0.15) is 0 Å². The molecule has 18 nitrogen and oxygen atoms in total. The van der Waals surface area contributed by atoms with Crippen molar-refractivity contribution in [2.45, 2.75) is 114 Å². The minimum Gasteiger partial charge on any atom is -0.394 e. The molecule has 266 valence electrons. The molecule has 0 bridgehead atoms. The van der Waals surface area contributed by atoms with Crippen LogP contribution in [0.2, 0.25) is 0 Å². The van der Waals surface area contributed by atoms with E-state index in [4.69, 9.17) is 18.9 Å². The quantitative estimate of drug-likeness (QED) is 0.0582. The largest absolute Gasteiger partial charge is 0.394 e.